The molecule has 0 spiro atoms. The second kappa shape index (κ2) is 37.0. The average molecular weight is 665 g/mol. The van der Waals surface area contributed by atoms with Gasteiger partial charge in [-0.3, -0.25) is 14.4 Å². The second-order valence-corrected chi connectivity index (χ2v) is 13.6. The smallest absolute Gasteiger partial charge is 0.306 e. The monoisotopic (exact) mass is 665 g/mol. The van der Waals surface area contributed by atoms with Gasteiger partial charge in [-0.15, -0.1) is 0 Å². The molecule has 276 valence electrons. The summed E-state index contributed by atoms with van der Waals surface area (Å²) in [5.74, 6) is -0.888. The Morgan fingerprint density at radius 2 is 0.702 bits per heavy atom. The zero-order valence-electron chi connectivity index (χ0n) is 31.3. The molecule has 0 saturated heterocycles. The number of rotatable bonds is 36. The number of ether oxygens (including phenoxy) is 3. The molecule has 6 nitrogen and oxygen atoms in total. The largest absolute Gasteiger partial charge is 0.462 e. The third-order valence-corrected chi connectivity index (χ3v) is 8.77. The number of hydrogen-bond acceptors (Lipinski definition) is 6. The molecule has 0 aliphatic heterocycles. The van der Waals surface area contributed by atoms with E-state index in [1.54, 1.807) is 0 Å². The van der Waals surface area contributed by atoms with Crippen LogP contribution >= 0.6 is 0 Å². The van der Waals surface area contributed by atoms with E-state index in [0.717, 1.165) is 64.2 Å². The first-order chi connectivity index (χ1) is 23.0. The minimum Gasteiger partial charge on any atom is -0.462 e. The molecule has 0 bridgehead atoms. The molecule has 0 rings (SSSR count). The molecule has 0 aliphatic rings. The van der Waals surface area contributed by atoms with Crippen LogP contribution < -0.4 is 0 Å². The van der Waals surface area contributed by atoms with Gasteiger partial charge in [0.25, 0.3) is 0 Å². The van der Waals surface area contributed by atoms with Crippen molar-refractivity contribution in [3.63, 3.8) is 0 Å². The predicted octanol–water partition coefficient (Wildman–Crippen LogP) is 12.3. The van der Waals surface area contributed by atoms with Crippen molar-refractivity contribution < 1.29 is 28.6 Å². The van der Waals surface area contributed by atoms with E-state index in [2.05, 4.69) is 32.9 Å². The van der Waals surface area contributed by atoms with Gasteiger partial charge in [0.05, 0.1) is 0 Å². The quantitative estimate of drug-likeness (QED) is 0.0287. The Bertz CT molecular complexity index is 733. The number of allylic oxidation sites excluding steroid dienone is 2. The number of hydrogen-bond donors (Lipinski definition) is 0. The zero-order chi connectivity index (χ0) is 34.5. The van der Waals surface area contributed by atoms with Crippen molar-refractivity contribution in [2.75, 3.05) is 13.2 Å². The average Bonchev–Trinajstić information content (AvgIpc) is 3.06. The van der Waals surface area contributed by atoms with Crippen molar-refractivity contribution >= 4 is 17.9 Å². The fourth-order valence-electron chi connectivity index (χ4n) is 5.67. The lowest BCUT2D eigenvalue weighted by Crippen LogP contribution is -2.30. The molecule has 47 heavy (non-hydrogen) atoms. The van der Waals surface area contributed by atoms with Crippen molar-refractivity contribution in [3.05, 3.63) is 12.2 Å². The molecule has 0 radical (unpaired) electrons. The lowest BCUT2D eigenvalue weighted by molar-refractivity contribution is -0.167. The van der Waals surface area contributed by atoms with E-state index >= 15 is 0 Å². The van der Waals surface area contributed by atoms with Gasteiger partial charge in [-0.05, 0) is 44.9 Å². The highest BCUT2D eigenvalue weighted by molar-refractivity contribution is 5.71. The summed E-state index contributed by atoms with van der Waals surface area (Å²) in [6.07, 6.45) is 36.3. The Morgan fingerprint density at radius 3 is 1.09 bits per heavy atom. The fraction of sp³-hybridized carbons (Fsp3) is 0.878. The van der Waals surface area contributed by atoms with Crippen LogP contribution in [0.5, 0.6) is 0 Å². The summed E-state index contributed by atoms with van der Waals surface area (Å²) in [4.78, 5) is 37.3. The van der Waals surface area contributed by atoms with Gasteiger partial charge in [-0.25, -0.2) is 0 Å². The predicted molar refractivity (Wildman–Crippen MR) is 196 cm³/mol. The van der Waals surface area contributed by atoms with Gasteiger partial charge in [-0.1, -0.05) is 161 Å². The van der Waals surface area contributed by atoms with Gasteiger partial charge in [0, 0.05) is 19.3 Å². The van der Waals surface area contributed by atoms with E-state index in [1.165, 1.54) is 109 Å². The number of unbranched alkanes of at least 4 members (excludes halogenated alkanes) is 23. The minimum atomic E-state index is -0.761. The van der Waals surface area contributed by atoms with Crippen LogP contribution in [0, 0.1) is 0 Å². The highest BCUT2D eigenvalue weighted by Gasteiger charge is 2.19. The lowest BCUT2D eigenvalue weighted by Gasteiger charge is -2.18. The van der Waals surface area contributed by atoms with Gasteiger partial charge in [0.2, 0.25) is 0 Å². The van der Waals surface area contributed by atoms with Crippen molar-refractivity contribution in [1.82, 2.24) is 0 Å². The molecule has 0 fully saturated rings. The maximum absolute atomic E-state index is 12.6. The first-order valence-corrected chi connectivity index (χ1v) is 20.2. The summed E-state index contributed by atoms with van der Waals surface area (Å²) in [5, 5.41) is 0. The SMILES string of the molecule is CCCCCC/C=C\CCCCCCCC(=O)OCC(COC(=O)CCCCCCCCC)OC(=O)CCCCCCCCCCC. The first kappa shape index (κ1) is 45.2. The Balaban J connectivity index is 4.32. The molecule has 0 aliphatic carbocycles. The summed E-state index contributed by atoms with van der Waals surface area (Å²) >= 11 is 0. The highest BCUT2D eigenvalue weighted by Crippen LogP contribution is 2.13. The molecule has 0 aromatic carbocycles. The Kier molecular flexibility index (Phi) is 35.5. The third kappa shape index (κ3) is 35.3. The molecular weight excluding hydrogens is 588 g/mol. The van der Waals surface area contributed by atoms with E-state index in [9.17, 15) is 14.4 Å². The van der Waals surface area contributed by atoms with Gasteiger partial charge in [0.1, 0.15) is 13.2 Å². The van der Waals surface area contributed by atoms with Crippen LogP contribution in [0.2, 0.25) is 0 Å². The summed E-state index contributed by atoms with van der Waals surface area (Å²) in [6.45, 7) is 6.54. The van der Waals surface area contributed by atoms with Gasteiger partial charge in [0.15, 0.2) is 6.10 Å². The topological polar surface area (TPSA) is 78.9 Å². The van der Waals surface area contributed by atoms with Crippen molar-refractivity contribution in [1.29, 1.82) is 0 Å². The van der Waals surface area contributed by atoms with Crippen LogP contribution in [-0.2, 0) is 28.6 Å². The van der Waals surface area contributed by atoms with Crippen LogP contribution in [-0.4, -0.2) is 37.2 Å². The van der Waals surface area contributed by atoms with Crippen LogP contribution in [0.15, 0.2) is 12.2 Å². The standard InChI is InChI=1S/C41H76O6/c1-4-7-10-13-16-18-19-20-21-23-25-28-31-34-40(43)46-37-38(36-45-39(42)33-30-27-24-15-12-9-6-3)47-41(44)35-32-29-26-22-17-14-11-8-5-2/h18-19,38H,4-17,20-37H2,1-3H3/b19-18-. The molecular formula is C41H76O6. The molecule has 0 aromatic heterocycles. The minimum absolute atomic E-state index is 0.0701. The van der Waals surface area contributed by atoms with E-state index in [-0.39, 0.29) is 31.1 Å². The molecule has 0 heterocycles. The summed E-state index contributed by atoms with van der Waals surface area (Å²) in [5.41, 5.74) is 0. The van der Waals surface area contributed by atoms with Gasteiger partial charge in [-0.2, -0.15) is 0 Å². The summed E-state index contributed by atoms with van der Waals surface area (Å²) in [7, 11) is 0. The highest BCUT2D eigenvalue weighted by atomic mass is 16.6. The van der Waals surface area contributed by atoms with E-state index in [1.807, 2.05) is 0 Å². The first-order valence-electron chi connectivity index (χ1n) is 20.2. The van der Waals surface area contributed by atoms with Crippen molar-refractivity contribution in [2.45, 2.75) is 219 Å². The van der Waals surface area contributed by atoms with Crippen molar-refractivity contribution in [3.8, 4) is 0 Å². The third-order valence-electron chi connectivity index (χ3n) is 8.77. The maximum Gasteiger partial charge on any atom is 0.306 e. The number of esters is 3. The number of carbonyl (C=O) groups is 3. The van der Waals surface area contributed by atoms with E-state index in [0.29, 0.717) is 19.3 Å². The second-order valence-electron chi connectivity index (χ2n) is 13.6. The zero-order valence-corrected chi connectivity index (χ0v) is 31.3. The summed E-state index contributed by atoms with van der Waals surface area (Å²) in [6, 6.07) is 0. The molecule has 0 aromatic rings. The molecule has 1 unspecified atom stereocenters. The maximum atomic E-state index is 12.6. The van der Waals surface area contributed by atoms with Crippen molar-refractivity contribution in [2.24, 2.45) is 0 Å². The Hall–Kier alpha value is -1.85. The normalized spacial score (nSPS) is 12.0. The Morgan fingerprint density at radius 1 is 0.404 bits per heavy atom. The fourth-order valence-corrected chi connectivity index (χ4v) is 5.67. The van der Waals surface area contributed by atoms with Gasteiger partial charge >= 0.3 is 17.9 Å². The molecule has 6 heteroatoms. The van der Waals surface area contributed by atoms with Crippen LogP contribution in [0.25, 0.3) is 0 Å². The Labute approximate surface area is 290 Å². The van der Waals surface area contributed by atoms with Crippen LogP contribution in [0.3, 0.4) is 0 Å². The summed E-state index contributed by atoms with van der Waals surface area (Å²) < 4.78 is 16.5. The van der Waals surface area contributed by atoms with Gasteiger partial charge < -0.3 is 14.2 Å². The lowest BCUT2D eigenvalue weighted by atomic mass is 10.1. The molecule has 0 amide bonds. The van der Waals surface area contributed by atoms with Crippen LogP contribution in [0.1, 0.15) is 213 Å². The molecule has 1 atom stereocenters. The molecule has 0 N–H and O–H groups in total. The van der Waals surface area contributed by atoms with E-state index in [4.69, 9.17) is 14.2 Å². The van der Waals surface area contributed by atoms with E-state index < -0.39 is 6.10 Å². The molecule has 0 saturated carbocycles. The number of carbonyl (C=O) groups excluding carboxylic acids is 3. The van der Waals surface area contributed by atoms with Crippen LogP contribution in [0.4, 0.5) is 0 Å².